The zero-order valence-corrected chi connectivity index (χ0v) is 20.9. The van der Waals surface area contributed by atoms with Gasteiger partial charge in [0, 0.05) is 30.4 Å². The van der Waals surface area contributed by atoms with Crippen molar-refractivity contribution >= 4 is 33.4 Å². The molecular weight excluding hydrogens is 458 g/mol. The average Bonchev–Trinajstić information content (AvgIpc) is 3.09. The number of nitrogens with zero attached hydrogens (tertiary/aromatic N) is 1. The lowest BCUT2D eigenvalue weighted by atomic mass is 10.0. The smallest absolute Gasteiger partial charge is 0.339 e. The second kappa shape index (κ2) is 10.1. The van der Waals surface area contributed by atoms with E-state index >= 15 is 0 Å². The molecule has 10 heteroatoms. The molecule has 9 nitrogen and oxygen atoms in total. The number of benzene rings is 1. The summed E-state index contributed by atoms with van der Waals surface area (Å²) in [5.74, 6) is -1.33. The van der Waals surface area contributed by atoms with Gasteiger partial charge in [0.1, 0.15) is 0 Å². The van der Waals surface area contributed by atoms with Gasteiger partial charge in [-0.1, -0.05) is 6.42 Å². The van der Waals surface area contributed by atoms with Gasteiger partial charge in [0.15, 0.2) is 5.78 Å². The SMILES string of the molecule is COC(=O)c1c(CC(=O)Nc2ccc(S(=O)(=O)N3C(C)CCCC3C)cc2)[nH]c(C(C)=O)c1C. The molecule has 2 aromatic rings. The van der Waals surface area contributed by atoms with Gasteiger partial charge in [0.05, 0.1) is 29.7 Å². The molecule has 1 amide bonds. The number of Topliss-reactive ketones (excluding diaryl/α,β-unsaturated/α-hetero) is 1. The second-order valence-electron chi connectivity index (χ2n) is 8.74. The minimum Gasteiger partial charge on any atom is -0.465 e. The van der Waals surface area contributed by atoms with E-state index in [1.165, 1.54) is 38.3 Å². The van der Waals surface area contributed by atoms with Gasteiger partial charge in [-0.2, -0.15) is 4.31 Å². The molecule has 1 fully saturated rings. The number of anilines is 1. The zero-order chi connectivity index (χ0) is 25.2. The van der Waals surface area contributed by atoms with Gasteiger partial charge in [-0.25, -0.2) is 13.2 Å². The van der Waals surface area contributed by atoms with E-state index < -0.39 is 21.9 Å². The Bertz CT molecular complexity index is 1190. The number of carbonyl (C=O) groups excluding carboxylic acids is 3. The molecule has 0 spiro atoms. The number of ether oxygens (including phenoxy) is 1. The number of ketones is 1. The zero-order valence-electron chi connectivity index (χ0n) is 20.1. The molecule has 1 saturated heterocycles. The highest BCUT2D eigenvalue weighted by Gasteiger charge is 2.35. The molecule has 1 aromatic carbocycles. The molecular formula is C24H31N3O6S. The maximum Gasteiger partial charge on any atom is 0.339 e. The summed E-state index contributed by atoms with van der Waals surface area (Å²) in [5.41, 5.74) is 1.53. The predicted octanol–water partition coefficient (Wildman–Crippen LogP) is 3.45. The summed E-state index contributed by atoms with van der Waals surface area (Å²) in [6.45, 7) is 6.82. The summed E-state index contributed by atoms with van der Waals surface area (Å²) >= 11 is 0. The number of H-pyrrole nitrogens is 1. The number of aromatic nitrogens is 1. The predicted molar refractivity (Wildman–Crippen MR) is 127 cm³/mol. The number of esters is 1. The lowest BCUT2D eigenvalue weighted by Gasteiger charge is -2.37. The number of sulfonamides is 1. The van der Waals surface area contributed by atoms with Crippen molar-refractivity contribution in [3.63, 3.8) is 0 Å². The molecule has 0 saturated carbocycles. The Hall–Kier alpha value is -2.98. The first kappa shape index (κ1) is 25.6. The third-order valence-electron chi connectivity index (χ3n) is 6.23. The number of hydrogen-bond acceptors (Lipinski definition) is 6. The van der Waals surface area contributed by atoms with E-state index in [0.29, 0.717) is 11.3 Å². The molecule has 0 bridgehead atoms. The Balaban J connectivity index is 1.77. The van der Waals surface area contributed by atoms with E-state index in [-0.39, 0.29) is 46.1 Å². The fraction of sp³-hybridized carbons (Fsp3) is 0.458. The Morgan fingerprint density at radius 1 is 1.12 bits per heavy atom. The normalized spacial score (nSPS) is 19.0. The van der Waals surface area contributed by atoms with Crippen LogP contribution >= 0.6 is 0 Å². The number of carbonyl (C=O) groups is 3. The summed E-state index contributed by atoms with van der Waals surface area (Å²) in [6, 6.07) is 5.89. The van der Waals surface area contributed by atoms with Crippen molar-refractivity contribution in [3.05, 3.63) is 46.8 Å². The van der Waals surface area contributed by atoms with Gasteiger partial charge in [-0.3, -0.25) is 9.59 Å². The van der Waals surface area contributed by atoms with Gasteiger partial charge in [0.2, 0.25) is 15.9 Å². The molecule has 34 heavy (non-hydrogen) atoms. The standard InChI is InChI=1S/C24H31N3O6S/c1-14-7-6-8-15(2)27(14)34(31,32)19-11-9-18(10-12-19)25-21(29)13-20-22(24(30)33-5)16(3)23(26-20)17(4)28/h9-12,14-15,26H,6-8,13H2,1-5H3,(H,25,29). The van der Waals surface area contributed by atoms with E-state index in [9.17, 15) is 22.8 Å². The number of piperidine rings is 1. The lowest BCUT2D eigenvalue weighted by Crippen LogP contribution is -2.47. The first-order valence-corrected chi connectivity index (χ1v) is 12.7. The van der Waals surface area contributed by atoms with Crippen molar-refractivity contribution in [2.24, 2.45) is 0 Å². The van der Waals surface area contributed by atoms with Crippen LogP contribution in [0.25, 0.3) is 0 Å². The van der Waals surface area contributed by atoms with Crippen LogP contribution in [0, 0.1) is 6.92 Å². The summed E-state index contributed by atoms with van der Waals surface area (Å²) in [7, 11) is -2.42. The van der Waals surface area contributed by atoms with E-state index in [1.54, 1.807) is 11.2 Å². The molecule has 0 radical (unpaired) electrons. The number of aromatic amines is 1. The quantitative estimate of drug-likeness (QED) is 0.453. The highest BCUT2D eigenvalue weighted by atomic mass is 32.2. The van der Waals surface area contributed by atoms with Crippen LogP contribution in [0.4, 0.5) is 5.69 Å². The van der Waals surface area contributed by atoms with Crippen LogP contribution in [0.15, 0.2) is 29.2 Å². The van der Waals surface area contributed by atoms with E-state index in [0.717, 1.165) is 19.3 Å². The third-order valence-corrected chi connectivity index (χ3v) is 8.38. The Labute approximate surface area is 199 Å². The number of rotatable bonds is 7. The van der Waals surface area contributed by atoms with Crippen molar-refractivity contribution in [2.75, 3.05) is 12.4 Å². The number of nitrogens with one attached hydrogen (secondary N) is 2. The number of hydrogen-bond donors (Lipinski definition) is 2. The molecule has 1 aliphatic rings. The molecule has 0 aliphatic carbocycles. The summed E-state index contributed by atoms with van der Waals surface area (Å²) in [6.07, 6.45) is 2.47. The monoisotopic (exact) mass is 489 g/mol. The van der Waals surface area contributed by atoms with Crippen molar-refractivity contribution < 1.29 is 27.5 Å². The minimum atomic E-state index is -3.65. The van der Waals surface area contributed by atoms with Gasteiger partial charge in [0.25, 0.3) is 0 Å². The van der Waals surface area contributed by atoms with Crippen LogP contribution < -0.4 is 5.32 Å². The van der Waals surface area contributed by atoms with Crippen molar-refractivity contribution in [1.29, 1.82) is 0 Å². The van der Waals surface area contributed by atoms with Gasteiger partial charge < -0.3 is 15.0 Å². The molecule has 2 heterocycles. The molecule has 3 rings (SSSR count). The Kier molecular flexibility index (Phi) is 7.62. The fourth-order valence-corrected chi connectivity index (χ4v) is 6.47. The largest absolute Gasteiger partial charge is 0.465 e. The first-order chi connectivity index (χ1) is 16.0. The first-order valence-electron chi connectivity index (χ1n) is 11.2. The van der Waals surface area contributed by atoms with Gasteiger partial charge in [-0.05, 0) is 63.4 Å². The topological polar surface area (TPSA) is 126 Å². The van der Waals surface area contributed by atoms with Crippen molar-refractivity contribution in [2.45, 2.75) is 70.4 Å². The average molecular weight is 490 g/mol. The van der Waals surface area contributed by atoms with Crippen LogP contribution in [0.1, 0.15) is 72.1 Å². The second-order valence-corrected chi connectivity index (χ2v) is 10.6. The van der Waals surface area contributed by atoms with E-state index in [4.69, 9.17) is 4.74 Å². The van der Waals surface area contributed by atoms with Crippen molar-refractivity contribution in [3.8, 4) is 0 Å². The van der Waals surface area contributed by atoms with Crippen LogP contribution in [0.5, 0.6) is 0 Å². The van der Waals surface area contributed by atoms with Crippen LogP contribution in [-0.4, -0.2) is 54.6 Å². The van der Waals surface area contributed by atoms with Gasteiger partial charge >= 0.3 is 5.97 Å². The highest BCUT2D eigenvalue weighted by Crippen LogP contribution is 2.30. The van der Waals surface area contributed by atoms with Crippen LogP contribution in [-0.2, 0) is 26.0 Å². The molecule has 184 valence electrons. The van der Waals surface area contributed by atoms with Crippen molar-refractivity contribution in [1.82, 2.24) is 9.29 Å². The maximum absolute atomic E-state index is 13.2. The third kappa shape index (κ3) is 5.07. The number of amides is 1. The molecule has 2 N–H and O–H groups in total. The van der Waals surface area contributed by atoms with E-state index in [2.05, 4.69) is 10.3 Å². The number of methoxy groups -OCH3 is 1. The van der Waals surface area contributed by atoms with Gasteiger partial charge in [-0.15, -0.1) is 0 Å². The maximum atomic E-state index is 13.2. The summed E-state index contributed by atoms with van der Waals surface area (Å²) in [4.78, 5) is 39.7. The summed E-state index contributed by atoms with van der Waals surface area (Å²) in [5, 5.41) is 2.70. The molecule has 2 atom stereocenters. The highest BCUT2D eigenvalue weighted by molar-refractivity contribution is 7.89. The Morgan fingerprint density at radius 2 is 1.71 bits per heavy atom. The lowest BCUT2D eigenvalue weighted by molar-refractivity contribution is -0.115. The van der Waals surface area contributed by atoms with Crippen LogP contribution in [0.2, 0.25) is 0 Å². The van der Waals surface area contributed by atoms with E-state index in [1.807, 2.05) is 13.8 Å². The molecule has 2 unspecified atom stereocenters. The summed E-state index contributed by atoms with van der Waals surface area (Å²) < 4.78 is 32.7. The van der Waals surface area contributed by atoms with Crippen LogP contribution in [0.3, 0.4) is 0 Å². The molecule has 1 aliphatic heterocycles. The fourth-order valence-electron chi connectivity index (χ4n) is 4.59. The Morgan fingerprint density at radius 3 is 2.24 bits per heavy atom. The minimum absolute atomic E-state index is 0.0683. The molecule has 1 aromatic heterocycles.